The molecular formula is C15H20BNO4. The van der Waals surface area contributed by atoms with Crippen LogP contribution in [0.15, 0.2) is 18.2 Å². The molecule has 1 aromatic rings. The van der Waals surface area contributed by atoms with Crippen LogP contribution < -0.4 is 4.74 Å². The number of aldehydes is 1. The molecule has 2 rings (SSSR count). The van der Waals surface area contributed by atoms with E-state index in [0.717, 1.165) is 0 Å². The van der Waals surface area contributed by atoms with Crippen molar-refractivity contribution in [1.82, 2.24) is 4.98 Å². The van der Waals surface area contributed by atoms with Crippen LogP contribution in [0.4, 0.5) is 0 Å². The number of hydrogen-bond acceptors (Lipinski definition) is 5. The van der Waals surface area contributed by atoms with Gasteiger partial charge in [0.2, 0.25) is 0 Å². The van der Waals surface area contributed by atoms with Gasteiger partial charge in [-0.05, 0) is 33.8 Å². The van der Waals surface area contributed by atoms with Crippen molar-refractivity contribution in [2.75, 3.05) is 7.11 Å². The summed E-state index contributed by atoms with van der Waals surface area (Å²) in [4.78, 5) is 15.1. The number of rotatable bonds is 4. The van der Waals surface area contributed by atoms with Crippen molar-refractivity contribution >= 4 is 19.5 Å². The van der Waals surface area contributed by atoms with Crippen LogP contribution in [0.5, 0.6) is 5.75 Å². The van der Waals surface area contributed by atoms with Gasteiger partial charge in [0.1, 0.15) is 11.4 Å². The zero-order valence-electron chi connectivity index (χ0n) is 13.0. The third-order valence-corrected chi connectivity index (χ3v) is 3.98. The van der Waals surface area contributed by atoms with E-state index in [1.54, 1.807) is 25.2 Å². The Balaban J connectivity index is 2.21. The number of aromatic nitrogens is 1. The smallest absolute Gasteiger partial charge is 0.487 e. The Bertz CT molecular complexity index is 553. The SMILES string of the molecule is COc1cnc(C=O)c(/C=C/B2OC(C)(C)C(C)(C)O2)c1. The van der Waals surface area contributed by atoms with E-state index in [1.807, 2.05) is 27.7 Å². The number of ether oxygens (including phenoxy) is 1. The Kier molecular flexibility index (Phi) is 4.21. The largest absolute Gasteiger partial charge is 0.495 e. The van der Waals surface area contributed by atoms with Gasteiger partial charge >= 0.3 is 7.12 Å². The average molecular weight is 289 g/mol. The van der Waals surface area contributed by atoms with Crippen LogP contribution in [0.1, 0.15) is 43.7 Å². The fourth-order valence-corrected chi connectivity index (χ4v) is 1.97. The second-order valence-corrected chi connectivity index (χ2v) is 5.95. The Morgan fingerprint density at radius 1 is 1.24 bits per heavy atom. The predicted molar refractivity (Wildman–Crippen MR) is 81.3 cm³/mol. The van der Waals surface area contributed by atoms with Gasteiger partial charge in [-0.15, -0.1) is 0 Å². The summed E-state index contributed by atoms with van der Waals surface area (Å²) in [5.74, 6) is 2.37. The summed E-state index contributed by atoms with van der Waals surface area (Å²) in [7, 11) is 1.10. The molecule has 0 radical (unpaired) electrons. The van der Waals surface area contributed by atoms with Gasteiger partial charge in [0.25, 0.3) is 0 Å². The number of hydrogen-bond donors (Lipinski definition) is 0. The van der Waals surface area contributed by atoms with Gasteiger partial charge in [-0.25, -0.2) is 4.98 Å². The Hall–Kier alpha value is -1.66. The van der Waals surface area contributed by atoms with E-state index in [1.165, 1.54) is 6.20 Å². The first-order valence-corrected chi connectivity index (χ1v) is 6.82. The quantitative estimate of drug-likeness (QED) is 0.629. The van der Waals surface area contributed by atoms with Gasteiger partial charge in [0.05, 0.1) is 24.5 Å². The highest BCUT2D eigenvalue weighted by Crippen LogP contribution is 2.37. The van der Waals surface area contributed by atoms with Crippen LogP contribution in [0.25, 0.3) is 6.08 Å². The van der Waals surface area contributed by atoms with E-state index in [0.29, 0.717) is 23.3 Å². The highest BCUT2D eigenvalue weighted by Gasteiger charge is 2.49. The fourth-order valence-electron chi connectivity index (χ4n) is 1.97. The molecule has 0 amide bonds. The van der Waals surface area contributed by atoms with Crippen LogP contribution in [0.3, 0.4) is 0 Å². The molecule has 0 spiro atoms. The lowest BCUT2D eigenvalue weighted by atomic mass is 9.89. The molecule has 1 aliphatic rings. The van der Waals surface area contributed by atoms with Gasteiger partial charge in [-0.3, -0.25) is 4.79 Å². The number of carbonyl (C=O) groups excluding carboxylic acids is 1. The van der Waals surface area contributed by atoms with Gasteiger partial charge in [0.15, 0.2) is 6.29 Å². The second-order valence-electron chi connectivity index (χ2n) is 5.95. The molecule has 2 heterocycles. The molecule has 1 saturated heterocycles. The first kappa shape index (κ1) is 15.7. The van der Waals surface area contributed by atoms with Crippen LogP contribution in [-0.4, -0.2) is 36.7 Å². The first-order chi connectivity index (χ1) is 9.79. The lowest BCUT2D eigenvalue weighted by molar-refractivity contribution is 0.00578. The monoisotopic (exact) mass is 289 g/mol. The van der Waals surface area contributed by atoms with Crippen molar-refractivity contribution in [3.63, 3.8) is 0 Å². The molecular weight excluding hydrogens is 269 g/mol. The summed E-state index contributed by atoms with van der Waals surface area (Å²) in [6, 6.07) is 1.75. The number of pyridine rings is 1. The minimum atomic E-state index is -0.458. The molecule has 1 aliphatic heterocycles. The minimum absolute atomic E-state index is 0.351. The van der Waals surface area contributed by atoms with E-state index in [-0.39, 0.29) is 11.2 Å². The summed E-state index contributed by atoms with van der Waals surface area (Å²) < 4.78 is 16.9. The zero-order chi connectivity index (χ0) is 15.7. The van der Waals surface area contributed by atoms with Crippen molar-refractivity contribution in [1.29, 1.82) is 0 Å². The summed E-state index contributed by atoms with van der Waals surface area (Å²) in [6.07, 6.45) is 3.99. The Labute approximate surface area is 125 Å². The molecule has 1 aromatic heterocycles. The third-order valence-electron chi connectivity index (χ3n) is 3.98. The van der Waals surface area contributed by atoms with Crippen molar-refractivity contribution in [2.45, 2.75) is 38.9 Å². The van der Waals surface area contributed by atoms with Crippen molar-refractivity contribution in [3.8, 4) is 5.75 Å². The first-order valence-electron chi connectivity index (χ1n) is 6.82. The van der Waals surface area contributed by atoms with Gasteiger partial charge in [0, 0.05) is 5.56 Å². The molecule has 0 saturated carbocycles. The highest BCUT2D eigenvalue weighted by molar-refractivity contribution is 6.52. The summed E-state index contributed by atoms with van der Waals surface area (Å²) in [5.41, 5.74) is 0.243. The molecule has 112 valence electrons. The standard InChI is InChI=1S/C15H20BNO4/c1-14(2)15(3,4)21-16(20-14)7-6-11-8-12(19-5)9-17-13(11)10-18/h6-10H,1-5H3/b7-6+. The molecule has 0 N–H and O–H groups in total. The molecule has 0 aromatic carbocycles. The molecule has 1 fully saturated rings. The van der Waals surface area contributed by atoms with E-state index in [9.17, 15) is 4.79 Å². The van der Waals surface area contributed by atoms with E-state index in [4.69, 9.17) is 14.0 Å². The topological polar surface area (TPSA) is 57.7 Å². The van der Waals surface area contributed by atoms with E-state index < -0.39 is 7.12 Å². The van der Waals surface area contributed by atoms with Crippen molar-refractivity contribution in [3.05, 3.63) is 29.5 Å². The summed E-state index contributed by atoms with van der Waals surface area (Å²) >= 11 is 0. The Morgan fingerprint density at radius 2 is 1.86 bits per heavy atom. The maximum Gasteiger partial charge on any atom is 0.487 e. The molecule has 0 atom stereocenters. The fraction of sp³-hybridized carbons (Fsp3) is 0.467. The summed E-state index contributed by atoms with van der Waals surface area (Å²) in [6.45, 7) is 7.96. The third kappa shape index (κ3) is 3.17. The van der Waals surface area contributed by atoms with Crippen molar-refractivity contribution < 1.29 is 18.8 Å². The van der Waals surface area contributed by atoms with E-state index >= 15 is 0 Å². The minimum Gasteiger partial charge on any atom is -0.495 e. The van der Waals surface area contributed by atoms with Crippen LogP contribution in [0, 0.1) is 0 Å². The zero-order valence-corrected chi connectivity index (χ0v) is 13.0. The maximum atomic E-state index is 11.0. The van der Waals surface area contributed by atoms with Gasteiger partial charge < -0.3 is 14.0 Å². The summed E-state index contributed by atoms with van der Waals surface area (Å²) in [5, 5.41) is 0. The van der Waals surface area contributed by atoms with E-state index in [2.05, 4.69) is 4.98 Å². The number of carbonyl (C=O) groups is 1. The molecule has 0 bridgehead atoms. The average Bonchev–Trinajstić information content (AvgIpc) is 2.64. The molecule has 5 nitrogen and oxygen atoms in total. The normalized spacial score (nSPS) is 20.0. The molecule has 21 heavy (non-hydrogen) atoms. The number of methoxy groups -OCH3 is 1. The van der Waals surface area contributed by atoms with Crippen LogP contribution >= 0.6 is 0 Å². The maximum absolute atomic E-state index is 11.0. The Morgan fingerprint density at radius 3 is 2.38 bits per heavy atom. The van der Waals surface area contributed by atoms with Crippen LogP contribution in [0.2, 0.25) is 0 Å². The van der Waals surface area contributed by atoms with Gasteiger partial charge in [-0.1, -0.05) is 12.1 Å². The molecule has 6 heteroatoms. The molecule has 0 unspecified atom stereocenters. The van der Waals surface area contributed by atoms with Gasteiger partial charge in [-0.2, -0.15) is 0 Å². The van der Waals surface area contributed by atoms with Crippen LogP contribution in [-0.2, 0) is 9.31 Å². The van der Waals surface area contributed by atoms with Crippen molar-refractivity contribution in [2.24, 2.45) is 0 Å². The lowest BCUT2D eigenvalue weighted by Crippen LogP contribution is -2.41. The molecule has 0 aliphatic carbocycles. The lowest BCUT2D eigenvalue weighted by Gasteiger charge is -2.32. The highest BCUT2D eigenvalue weighted by atomic mass is 16.7. The second kappa shape index (κ2) is 5.62. The predicted octanol–water partition coefficient (Wildman–Crippen LogP) is 2.55. The number of nitrogens with zero attached hydrogens (tertiary/aromatic N) is 1.